The van der Waals surface area contributed by atoms with Crippen molar-refractivity contribution in [2.75, 3.05) is 158 Å². The first-order chi connectivity index (χ1) is 34.6. The van der Waals surface area contributed by atoms with E-state index in [1.54, 1.807) is 0 Å². The Morgan fingerprint density at radius 1 is 0.577 bits per heavy atom. The Kier molecular flexibility index (Phi) is 32.0. The molecule has 0 aromatic carbocycles. The molecular formula is C55H100N2O14. The van der Waals surface area contributed by atoms with Crippen molar-refractivity contribution >= 4 is 12.0 Å². The summed E-state index contributed by atoms with van der Waals surface area (Å²) in [6.07, 6.45) is 16.4. The Labute approximate surface area is 429 Å². The van der Waals surface area contributed by atoms with E-state index in [1.165, 1.54) is 56.9 Å². The lowest BCUT2D eigenvalue weighted by Gasteiger charge is -2.58. The molecule has 0 aromatic rings. The van der Waals surface area contributed by atoms with Crippen LogP contribution in [0.5, 0.6) is 0 Å². The number of rotatable bonds is 43. The fourth-order valence-corrected chi connectivity index (χ4v) is 11.9. The molecular weight excluding hydrogens is 913 g/mol. The molecule has 4 rings (SSSR count). The largest absolute Gasteiger partial charge is 0.446 e. The average Bonchev–Trinajstić information content (AvgIpc) is 3.72. The maximum absolute atomic E-state index is 12.8. The van der Waals surface area contributed by atoms with Crippen molar-refractivity contribution < 1.29 is 66.4 Å². The zero-order chi connectivity index (χ0) is 50.8. The van der Waals surface area contributed by atoms with E-state index >= 15 is 0 Å². The molecule has 2 N–H and O–H groups in total. The molecule has 0 saturated heterocycles. The van der Waals surface area contributed by atoms with Gasteiger partial charge in [0.2, 0.25) is 5.91 Å². The van der Waals surface area contributed by atoms with Gasteiger partial charge < -0.3 is 67.5 Å². The molecule has 3 fully saturated rings. The van der Waals surface area contributed by atoms with E-state index in [0.717, 1.165) is 67.8 Å². The summed E-state index contributed by atoms with van der Waals surface area (Å²) < 4.78 is 66.3. The summed E-state index contributed by atoms with van der Waals surface area (Å²) in [4.78, 5) is 25.1. The number of amides is 2. The first-order valence-corrected chi connectivity index (χ1v) is 27.8. The summed E-state index contributed by atoms with van der Waals surface area (Å²) in [5, 5.41) is 5.43. The fourth-order valence-electron chi connectivity index (χ4n) is 11.9. The summed E-state index contributed by atoms with van der Waals surface area (Å²) in [5.41, 5.74) is 2.17. The molecule has 16 nitrogen and oxygen atoms in total. The van der Waals surface area contributed by atoms with Crippen LogP contribution in [0, 0.1) is 46.3 Å². The lowest BCUT2D eigenvalue weighted by atomic mass is 9.47. The Morgan fingerprint density at radius 3 is 1.54 bits per heavy atom. The molecule has 0 spiro atoms. The third-order valence-electron chi connectivity index (χ3n) is 15.6. The van der Waals surface area contributed by atoms with Crippen molar-refractivity contribution in [1.82, 2.24) is 10.6 Å². The molecule has 16 heteroatoms. The van der Waals surface area contributed by atoms with Crippen LogP contribution in [-0.2, 0) is 61.6 Å². The molecule has 2 amide bonds. The number of fused-ring (bicyclic) bond motifs is 5. The second kappa shape index (κ2) is 36.9. The van der Waals surface area contributed by atoms with Crippen molar-refractivity contribution in [1.29, 1.82) is 0 Å². The molecule has 1 unspecified atom stereocenters. The van der Waals surface area contributed by atoms with E-state index in [2.05, 4.69) is 58.3 Å². The smallest absolute Gasteiger partial charge is 0.407 e. The van der Waals surface area contributed by atoms with Crippen molar-refractivity contribution in [3.8, 4) is 0 Å². The van der Waals surface area contributed by atoms with Crippen LogP contribution in [0.3, 0.4) is 0 Å². The highest BCUT2D eigenvalue weighted by Gasteiger charge is 2.59. The van der Waals surface area contributed by atoms with Crippen molar-refractivity contribution in [3.63, 3.8) is 0 Å². The van der Waals surface area contributed by atoms with Crippen LogP contribution in [-0.4, -0.2) is 177 Å². The number of ether oxygens (including phenoxy) is 12. The van der Waals surface area contributed by atoms with Crippen LogP contribution in [0.1, 0.15) is 119 Å². The minimum Gasteiger partial charge on any atom is -0.446 e. The van der Waals surface area contributed by atoms with E-state index in [0.29, 0.717) is 151 Å². The van der Waals surface area contributed by atoms with Crippen LogP contribution in [0.15, 0.2) is 11.6 Å². The maximum Gasteiger partial charge on any atom is 0.407 e. The van der Waals surface area contributed by atoms with E-state index in [9.17, 15) is 9.59 Å². The molecule has 0 bridgehead atoms. The standard InChI is InChI=1S/C55H100N2O14/c1-7-20-60-22-24-62-26-28-64-30-32-66-34-36-68-38-40-70-41-39-69-37-35-67-33-31-65-29-27-63-25-23-61-21-19-56-52(58)43-57-53(59)71-47-15-17-54(5)46(42-47)11-12-48-50-14-13-49(45(4)10-8-9-44(2)3)55(50,6)18-16-51(48)54/h11,44-45,47-51H,7-10,12-43H2,1-6H3,(H,56,58)(H,57,59)/t45-,47?,48+,49-,50+,51+,54+,55-/m1/s1. The molecule has 0 radical (unpaired) electrons. The first kappa shape index (κ1) is 61.6. The van der Waals surface area contributed by atoms with E-state index in [4.69, 9.17) is 56.8 Å². The minimum absolute atomic E-state index is 0.133. The van der Waals surface area contributed by atoms with Gasteiger partial charge in [0.15, 0.2) is 0 Å². The normalized spacial score (nSPS) is 25.3. The van der Waals surface area contributed by atoms with Crippen LogP contribution >= 0.6 is 0 Å². The maximum atomic E-state index is 12.8. The molecule has 414 valence electrons. The zero-order valence-corrected chi connectivity index (χ0v) is 45.3. The predicted molar refractivity (Wildman–Crippen MR) is 274 cm³/mol. The van der Waals surface area contributed by atoms with Crippen LogP contribution in [0.2, 0.25) is 0 Å². The van der Waals surface area contributed by atoms with Crippen molar-refractivity contribution in [2.45, 2.75) is 125 Å². The second-order valence-corrected chi connectivity index (χ2v) is 21.0. The average molecular weight is 1010 g/mol. The third-order valence-corrected chi connectivity index (χ3v) is 15.6. The molecule has 4 aliphatic rings. The molecule has 4 aliphatic carbocycles. The Balaban J connectivity index is 0.862. The van der Waals surface area contributed by atoms with Crippen LogP contribution in [0.4, 0.5) is 4.79 Å². The molecule has 3 saturated carbocycles. The van der Waals surface area contributed by atoms with Gasteiger partial charge in [-0.3, -0.25) is 4.79 Å². The van der Waals surface area contributed by atoms with Gasteiger partial charge in [-0.25, -0.2) is 4.79 Å². The number of hydrogen-bond acceptors (Lipinski definition) is 14. The predicted octanol–water partition coefficient (Wildman–Crippen LogP) is 7.83. The number of hydrogen-bond donors (Lipinski definition) is 2. The number of nitrogens with one attached hydrogen (secondary N) is 2. The van der Waals surface area contributed by atoms with E-state index in [-0.39, 0.29) is 24.0 Å². The quantitative estimate of drug-likeness (QED) is 0.0448. The van der Waals surface area contributed by atoms with Gasteiger partial charge in [0.1, 0.15) is 6.10 Å². The van der Waals surface area contributed by atoms with Crippen LogP contribution < -0.4 is 10.6 Å². The highest BCUT2D eigenvalue weighted by Crippen LogP contribution is 2.67. The van der Waals surface area contributed by atoms with Gasteiger partial charge in [0.25, 0.3) is 0 Å². The molecule has 8 atom stereocenters. The summed E-state index contributed by atoms with van der Waals surface area (Å²) in [7, 11) is 0. The lowest BCUT2D eigenvalue weighted by Crippen LogP contribution is -2.51. The van der Waals surface area contributed by atoms with Gasteiger partial charge in [-0.15, -0.1) is 0 Å². The van der Waals surface area contributed by atoms with Gasteiger partial charge in [-0.1, -0.05) is 72.5 Å². The minimum atomic E-state index is -0.526. The SMILES string of the molecule is CCCOCCOCCOCCOCCOCCOCCOCCOCCOCCOCCOCCNC(=O)CNC(=O)OC1CC[C@@]2(C)C(=CC[C@H]3[C@@H]4CC[C@H]([C@H](C)CCCC(C)C)[C@@]4(C)CC[C@@H]32)C1. The number of carbonyl (C=O) groups excluding carboxylic acids is 2. The van der Waals surface area contributed by atoms with E-state index in [1.807, 2.05) is 0 Å². The van der Waals surface area contributed by atoms with Gasteiger partial charge in [0, 0.05) is 19.6 Å². The second-order valence-electron chi connectivity index (χ2n) is 21.0. The summed E-state index contributed by atoms with van der Waals surface area (Å²) in [6, 6.07) is 0. The van der Waals surface area contributed by atoms with Crippen molar-refractivity contribution in [3.05, 3.63) is 11.6 Å². The monoisotopic (exact) mass is 1010 g/mol. The summed E-state index contributed by atoms with van der Waals surface area (Å²) in [6.45, 7) is 25.8. The lowest BCUT2D eigenvalue weighted by molar-refractivity contribution is -0.120. The highest BCUT2D eigenvalue weighted by molar-refractivity contribution is 5.82. The summed E-state index contributed by atoms with van der Waals surface area (Å²) >= 11 is 0. The summed E-state index contributed by atoms with van der Waals surface area (Å²) in [5.74, 6) is 4.54. The van der Waals surface area contributed by atoms with Gasteiger partial charge in [-0.05, 0) is 97.7 Å². The van der Waals surface area contributed by atoms with E-state index < -0.39 is 6.09 Å². The van der Waals surface area contributed by atoms with Crippen molar-refractivity contribution in [2.24, 2.45) is 46.3 Å². The molecule has 0 aliphatic heterocycles. The van der Waals surface area contributed by atoms with Gasteiger partial charge in [-0.2, -0.15) is 0 Å². The first-order valence-electron chi connectivity index (χ1n) is 27.8. The fraction of sp³-hybridized carbons (Fsp3) is 0.927. The number of carbonyl (C=O) groups is 2. The highest BCUT2D eigenvalue weighted by atomic mass is 16.6. The molecule has 0 heterocycles. The van der Waals surface area contributed by atoms with Crippen LogP contribution in [0.25, 0.3) is 0 Å². The topological polar surface area (TPSA) is 169 Å². The zero-order valence-electron chi connectivity index (χ0n) is 45.3. The molecule has 0 aromatic heterocycles. The number of alkyl carbamates (subject to hydrolysis) is 1. The van der Waals surface area contributed by atoms with Gasteiger partial charge in [0.05, 0.1) is 145 Å². The molecule has 71 heavy (non-hydrogen) atoms. The third kappa shape index (κ3) is 23.6. The Morgan fingerprint density at radius 2 is 1.06 bits per heavy atom. The Hall–Kier alpha value is -1.96. The Bertz CT molecular complexity index is 1420. The number of allylic oxidation sites excluding steroid dienone is 1. The van der Waals surface area contributed by atoms with Gasteiger partial charge >= 0.3 is 6.09 Å².